The molecule has 0 saturated carbocycles. The minimum atomic E-state index is -0.488. The number of esters is 1. The third-order valence-corrected chi connectivity index (χ3v) is 3.80. The minimum Gasteiger partial charge on any atom is -0.465 e. The van der Waals surface area contributed by atoms with Crippen molar-refractivity contribution in [3.8, 4) is 0 Å². The van der Waals surface area contributed by atoms with Crippen LogP contribution in [0.3, 0.4) is 0 Å². The van der Waals surface area contributed by atoms with Gasteiger partial charge in [-0.2, -0.15) is 0 Å². The number of rotatable bonds is 3. The fourth-order valence-electron chi connectivity index (χ4n) is 2.34. The highest BCUT2D eigenvalue weighted by molar-refractivity contribution is 6.28. The van der Waals surface area contributed by atoms with Crippen LogP contribution in [0.25, 0.3) is 10.9 Å². The fourth-order valence-corrected chi connectivity index (χ4v) is 2.57. The first-order valence-electron chi connectivity index (χ1n) is 6.92. The van der Waals surface area contributed by atoms with Crippen molar-refractivity contribution >= 4 is 28.5 Å². The lowest BCUT2D eigenvalue weighted by Gasteiger charge is -2.10. The summed E-state index contributed by atoms with van der Waals surface area (Å²) < 4.78 is 6.07. The molecule has 5 nitrogen and oxygen atoms in total. The predicted octanol–water partition coefficient (Wildman–Crippen LogP) is 2.88. The van der Waals surface area contributed by atoms with E-state index >= 15 is 0 Å². The van der Waals surface area contributed by atoms with E-state index in [1.807, 2.05) is 30.3 Å². The van der Waals surface area contributed by atoms with E-state index in [1.165, 1.54) is 23.8 Å². The van der Waals surface area contributed by atoms with E-state index in [2.05, 4.69) is 9.72 Å². The summed E-state index contributed by atoms with van der Waals surface area (Å²) in [5.74, 6) is -0.488. The van der Waals surface area contributed by atoms with Crippen molar-refractivity contribution in [3.05, 3.63) is 75.3 Å². The van der Waals surface area contributed by atoms with Crippen molar-refractivity contribution in [2.24, 2.45) is 0 Å². The Morgan fingerprint density at radius 2 is 1.96 bits per heavy atom. The van der Waals surface area contributed by atoms with Gasteiger partial charge in [-0.1, -0.05) is 30.3 Å². The number of hydrogen-bond acceptors (Lipinski definition) is 4. The van der Waals surface area contributed by atoms with Gasteiger partial charge in [-0.15, -0.1) is 0 Å². The molecule has 0 aliphatic heterocycles. The van der Waals surface area contributed by atoms with E-state index in [1.54, 1.807) is 6.07 Å². The number of carbonyl (C=O) groups excluding carboxylic acids is 1. The van der Waals surface area contributed by atoms with E-state index in [9.17, 15) is 9.59 Å². The molecule has 116 valence electrons. The number of benzene rings is 2. The molecule has 0 N–H and O–H groups in total. The van der Waals surface area contributed by atoms with Crippen LogP contribution in [0.4, 0.5) is 0 Å². The Labute approximate surface area is 137 Å². The second kappa shape index (κ2) is 6.22. The molecule has 0 radical (unpaired) electrons. The Morgan fingerprint density at radius 3 is 2.65 bits per heavy atom. The van der Waals surface area contributed by atoms with Crippen LogP contribution in [-0.2, 0) is 11.3 Å². The Balaban J connectivity index is 2.11. The highest BCUT2D eigenvalue weighted by Gasteiger charge is 2.13. The van der Waals surface area contributed by atoms with Crippen LogP contribution in [0.5, 0.6) is 0 Å². The molecule has 0 aliphatic carbocycles. The normalized spacial score (nSPS) is 10.7. The molecule has 23 heavy (non-hydrogen) atoms. The highest BCUT2D eigenvalue weighted by atomic mass is 35.5. The van der Waals surface area contributed by atoms with Gasteiger partial charge in [0.15, 0.2) is 0 Å². The molecule has 6 heteroatoms. The molecule has 0 saturated heterocycles. The number of nitrogens with zero attached hydrogens (tertiary/aromatic N) is 2. The van der Waals surface area contributed by atoms with Gasteiger partial charge in [0.25, 0.3) is 5.56 Å². The molecule has 3 rings (SSSR count). The topological polar surface area (TPSA) is 61.2 Å². The van der Waals surface area contributed by atoms with E-state index in [0.717, 1.165) is 5.56 Å². The zero-order chi connectivity index (χ0) is 16.4. The molecule has 2 aromatic carbocycles. The van der Waals surface area contributed by atoms with Gasteiger partial charge in [0.1, 0.15) is 0 Å². The van der Waals surface area contributed by atoms with Gasteiger partial charge < -0.3 is 4.74 Å². The monoisotopic (exact) mass is 328 g/mol. The molecular weight excluding hydrogens is 316 g/mol. The zero-order valence-corrected chi connectivity index (χ0v) is 13.1. The zero-order valence-electron chi connectivity index (χ0n) is 12.3. The first-order valence-corrected chi connectivity index (χ1v) is 7.30. The maximum absolute atomic E-state index is 12.6. The molecule has 1 aromatic heterocycles. The van der Waals surface area contributed by atoms with Gasteiger partial charge in [-0.25, -0.2) is 9.78 Å². The number of halogens is 1. The van der Waals surface area contributed by atoms with Gasteiger partial charge in [-0.3, -0.25) is 9.36 Å². The Bertz CT molecular complexity index is 936. The molecule has 0 fully saturated rings. The largest absolute Gasteiger partial charge is 0.465 e. The summed E-state index contributed by atoms with van der Waals surface area (Å²) in [5.41, 5.74) is 1.39. The number of carbonyl (C=O) groups is 1. The molecule has 0 spiro atoms. The summed E-state index contributed by atoms with van der Waals surface area (Å²) in [6.07, 6.45) is 0. The second-order valence-electron chi connectivity index (χ2n) is 4.98. The lowest BCUT2D eigenvalue weighted by Crippen LogP contribution is -2.23. The van der Waals surface area contributed by atoms with Crippen molar-refractivity contribution in [1.82, 2.24) is 9.55 Å². The summed E-state index contributed by atoms with van der Waals surface area (Å²) in [5, 5.41) is 0.478. The van der Waals surface area contributed by atoms with Crippen LogP contribution in [0.2, 0.25) is 5.28 Å². The van der Waals surface area contributed by atoms with Gasteiger partial charge in [0, 0.05) is 0 Å². The molecular formula is C17H13ClN2O3. The van der Waals surface area contributed by atoms with Crippen molar-refractivity contribution in [2.75, 3.05) is 7.11 Å². The third kappa shape index (κ3) is 2.96. The van der Waals surface area contributed by atoms with E-state index in [-0.39, 0.29) is 10.8 Å². The molecule has 0 amide bonds. The van der Waals surface area contributed by atoms with Gasteiger partial charge >= 0.3 is 5.97 Å². The van der Waals surface area contributed by atoms with Gasteiger partial charge in [0.2, 0.25) is 5.28 Å². The Morgan fingerprint density at radius 1 is 1.22 bits per heavy atom. The summed E-state index contributed by atoms with van der Waals surface area (Å²) in [7, 11) is 1.30. The Hall–Kier alpha value is -2.66. The van der Waals surface area contributed by atoms with Crippen molar-refractivity contribution in [3.63, 3.8) is 0 Å². The quantitative estimate of drug-likeness (QED) is 0.548. The second-order valence-corrected chi connectivity index (χ2v) is 5.32. The fraction of sp³-hybridized carbons (Fsp3) is 0.118. The SMILES string of the molecule is COC(=O)c1ccc2c(=O)n(Cc3ccccc3)c(Cl)nc2c1. The maximum Gasteiger partial charge on any atom is 0.337 e. The lowest BCUT2D eigenvalue weighted by atomic mass is 10.1. The lowest BCUT2D eigenvalue weighted by molar-refractivity contribution is 0.0601. The maximum atomic E-state index is 12.6. The average molecular weight is 329 g/mol. The summed E-state index contributed by atoms with van der Waals surface area (Å²) in [6.45, 7) is 0.334. The summed E-state index contributed by atoms with van der Waals surface area (Å²) >= 11 is 6.16. The number of hydrogen-bond donors (Lipinski definition) is 0. The molecule has 0 unspecified atom stereocenters. The van der Waals surface area contributed by atoms with E-state index < -0.39 is 5.97 Å². The van der Waals surface area contributed by atoms with Crippen LogP contribution >= 0.6 is 11.6 Å². The van der Waals surface area contributed by atoms with Crippen LogP contribution in [0.15, 0.2) is 53.3 Å². The first-order chi connectivity index (χ1) is 11.1. The predicted molar refractivity (Wildman–Crippen MR) is 87.9 cm³/mol. The standard InChI is InChI=1S/C17H13ClN2O3/c1-23-16(22)12-7-8-13-14(9-12)19-17(18)20(15(13)21)10-11-5-3-2-4-6-11/h2-9H,10H2,1H3. The smallest absolute Gasteiger partial charge is 0.337 e. The number of aromatic nitrogens is 2. The molecule has 3 aromatic rings. The summed E-state index contributed by atoms with van der Waals surface area (Å²) in [6, 6.07) is 14.1. The van der Waals surface area contributed by atoms with E-state index in [4.69, 9.17) is 11.6 Å². The average Bonchev–Trinajstić information content (AvgIpc) is 2.58. The van der Waals surface area contributed by atoms with Crippen molar-refractivity contribution in [2.45, 2.75) is 6.54 Å². The number of fused-ring (bicyclic) bond motifs is 1. The van der Waals surface area contributed by atoms with Crippen LogP contribution in [0.1, 0.15) is 15.9 Å². The molecule has 0 atom stereocenters. The minimum absolute atomic E-state index is 0.0772. The number of methoxy groups -OCH3 is 1. The van der Waals surface area contributed by atoms with Gasteiger partial charge in [0.05, 0.1) is 30.1 Å². The third-order valence-electron chi connectivity index (χ3n) is 3.51. The first kappa shape index (κ1) is 15.2. The van der Waals surface area contributed by atoms with Crippen LogP contribution in [-0.4, -0.2) is 22.6 Å². The molecule has 0 aliphatic rings. The summed E-state index contributed by atoms with van der Waals surface area (Å²) in [4.78, 5) is 28.4. The van der Waals surface area contributed by atoms with Crippen LogP contribution in [0, 0.1) is 0 Å². The van der Waals surface area contributed by atoms with Crippen LogP contribution < -0.4 is 5.56 Å². The molecule has 0 bridgehead atoms. The van der Waals surface area contributed by atoms with Crippen molar-refractivity contribution < 1.29 is 9.53 Å². The molecule has 1 heterocycles. The van der Waals surface area contributed by atoms with E-state index in [0.29, 0.717) is 23.0 Å². The van der Waals surface area contributed by atoms with Crippen molar-refractivity contribution in [1.29, 1.82) is 0 Å². The Kier molecular flexibility index (Phi) is 4.12. The van der Waals surface area contributed by atoms with Gasteiger partial charge in [-0.05, 0) is 35.4 Å². The number of ether oxygens (including phenoxy) is 1. The highest BCUT2D eigenvalue weighted by Crippen LogP contribution is 2.15.